The van der Waals surface area contributed by atoms with Crippen LogP contribution in [0.15, 0.2) is 43.1 Å². The third kappa shape index (κ3) is 5.55. The molecule has 0 radical (unpaired) electrons. The van der Waals surface area contributed by atoms with Crippen LogP contribution in [0.1, 0.15) is 24.5 Å². The monoisotopic (exact) mass is 538 g/mol. The summed E-state index contributed by atoms with van der Waals surface area (Å²) in [6.45, 7) is 6.07. The number of piperidine rings is 3. The molecule has 0 amide bonds. The molecule has 5 atom stereocenters. The van der Waals surface area contributed by atoms with Crippen LogP contribution in [-0.2, 0) is 0 Å². The van der Waals surface area contributed by atoms with Crippen molar-refractivity contribution in [3.8, 4) is 5.75 Å². The fourth-order valence-corrected chi connectivity index (χ4v) is 4.44. The van der Waals surface area contributed by atoms with Crippen molar-refractivity contribution in [2.75, 3.05) is 20.2 Å². The van der Waals surface area contributed by atoms with Crippen LogP contribution in [0.3, 0.4) is 0 Å². The summed E-state index contributed by atoms with van der Waals surface area (Å²) in [7, 11) is 1.66. The quantitative estimate of drug-likeness (QED) is 0.592. The summed E-state index contributed by atoms with van der Waals surface area (Å²) in [6, 6.07) is 7.96. The first kappa shape index (κ1) is 30.1. The van der Waals surface area contributed by atoms with Gasteiger partial charge in [-0.3, -0.25) is 9.88 Å². The third-order valence-corrected chi connectivity index (χ3v) is 5.82. The zero-order valence-electron chi connectivity index (χ0n) is 16.4. The fraction of sp³-hybridized carbons (Fsp3) is 0.450. The molecule has 3 fully saturated rings. The number of pyridine rings is 1. The van der Waals surface area contributed by atoms with Gasteiger partial charge in [0.15, 0.2) is 0 Å². The van der Waals surface area contributed by atoms with E-state index in [1.54, 1.807) is 13.3 Å². The maximum atomic E-state index is 11.2. The van der Waals surface area contributed by atoms with Gasteiger partial charge in [-0.15, -0.1) is 40.5 Å². The molecule has 4 heterocycles. The molecule has 0 aliphatic carbocycles. The van der Waals surface area contributed by atoms with Crippen molar-refractivity contribution in [1.29, 1.82) is 0 Å². The van der Waals surface area contributed by atoms with Gasteiger partial charge in [-0.2, -0.15) is 0 Å². The standard InChI is InChI=1S/C20H24N2O2.2BrH.3H2O/c1-3-13-12-22-9-7-14(13)10-19(22)20(23)16-6-8-21-18-5-4-15(24-2)11-17(16)18;;;;;/h3-6,8,11,13-14,19-20,23H,1,7,9-10,12H2,2H3;2*1H;3*1H2/t13-,14-,19-,20+;;;;;/m0...../s1. The van der Waals surface area contributed by atoms with Crippen molar-refractivity contribution < 1.29 is 26.3 Å². The van der Waals surface area contributed by atoms with Crippen LogP contribution in [-0.4, -0.2) is 57.7 Å². The van der Waals surface area contributed by atoms with Crippen LogP contribution in [0.5, 0.6) is 5.75 Å². The Labute approximate surface area is 192 Å². The molecular weight excluding hydrogens is 508 g/mol. The summed E-state index contributed by atoms with van der Waals surface area (Å²) < 4.78 is 5.35. The Morgan fingerprint density at radius 3 is 2.55 bits per heavy atom. The van der Waals surface area contributed by atoms with Crippen molar-refractivity contribution in [1.82, 2.24) is 9.88 Å². The van der Waals surface area contributed by atoms with E-state index in [0.29, 0.717) is 11.8 Å². The molecule has 0 saturated carbocycles. The molecule has 7 nitrogen and oxygen atoms in total. The lowest BCUT2D eigenvalue weighted by Crippen LogP contribution is -2.54. The molecule has 1 aromatic carbocycles. The van der Waals surface area contributed by atoms with E-state index < -0.39 is 6.10 Å². The number of rotatable bonds is 4. The number of hydrogen-bond donors (Lipinski definition) is 1. The number of hydrogen-bond acceptors (Lipinski definition) is 4. The highest BCUT2D eigenvalue weighted by molar-refractivity contribution is 8.93. The van der Waals surface area contributed by atoms with Crippen molar-refractivity contribution in [2.45, 2.75) is 25.0 Å². The van der Waals surface area contributed by atoms with E-state index in [1.165, 1.54) is 6.42 Å². The summed E-state index contributed by atoms with van der Waals surface area (Å²) in [5.41, 5.74) is 1.85. The number of methoxy groups -OCH3 is 1. The molecule has 9 heteroatoms. The lowest BCUT2D eigenvalue weighted by atomic mass is 9.73. The van der Waals surface area contributed by atoms with Crippen LogP contribution in [0.2, 0.25) is 0 Å². The van der Waals surface area contributed by atoms with Gasteiger partial charge in [-0.25, -0.2) is 0 Å². The van der Waals surface area contributed by atoms with Gasteiger partial charge >= 0.3 is 0 Å². The zero-order chi connectivity index (χ0) is 16.7. The van der Waals surface area contributed by atoms with Crippen LogP contribution in [0, 0.1) is 11.8 Å². The van der Waals surface area contributed by atoms with E-state index in [1.807, 2.05) is 24.3 Å². The van der Waals surface area contributed by atoms with Gasteiger partial charge in [-0.1, -0.05) is 6.08 Å². The van der Waals surface area contributed by atoms with Crippen LogP contribution in [0.4, 0.5) is 0 Å². The van der Waals surface area contributed by atoms with Gasteiger partial charge in [0.05, 0.1) is 18.7 Å². The summed E-state index contributed by atoms with van der Waals surface area (Å²) in [4.78, 5) is 6.86. The molecule has 2 aromatic rings. The van der Waals surface area contributed by atoms with Crippen LogP contribution < -0.4 is 4.74 Å². The van der Waals surface area contributed by atoms with E-state index in [4.69, 9.17) is 4.74 Å². The Balaban J connectivity index is 0. The molecule has 0 spiro atoms. The molecule has 166 valence electrons. The van der Waals surface area contributed by atoms with Gasteiger partial charge in [0.25, 0.3) is 0 Å². The summed E-state index contributed by atoms with van der Waals surface area (Å²) in [5.74, 6) is 2.01. The van der Waals surface area contributed by atoms with Crippen LogP contribution in [0.25, 0.3) is 10.9 Å². The number of aliphatic hydroxyl groups is 1. The predicted molar refractivity (Wildman–Crippen MR) is 127 cm³/mol. The molecule has 3 aliphatic heterocycles. The summed E-state index contributed by atoms with van der Waals surface area (Å²) in [5, 5.41) is 12.1. The zero-order valence-corrected chi connectivity index (χ0v) is 19.8. The van der Waals surface area contributed by atoms with E-state index in [9.17, 15) is 5.11 Å². The minimum Gasteiger partial charge on any atom is -0.497 e. The smallest absolute Gasteiger partial charge is 0.119 e. The molecule has 1 unspecified atom stereocenters. The normalized spacial score (nSPS) is 25.0. The largest absolute Gasteiger partial charge is 0.497 e. The molecule has 5 rings (SSSR count). The lowest BCUT2D eigenvalue weighted by Gasteiger charge is -2.50. The minimum atomic E-state index is -0.504. The lowest BCUT2D eigenvalue weighted by molar-refractivity contribution is -0.0444. The molecule has 3 saturated heterocycles. The van der Waals surface area contributed by atoms with Gasteiger partial charge in [0.2, 0.25) is 0 Å². The number of benzene rings is 1. The van der Waals surface area contributed by atoms with E-state index in [2.05, 4.69) is 22.5 Å². The number of nitrogens with zero attached hydrogens (tertiary/aromatic N) is 2. The number of fused-ring (bicyclic) bond motifs is 4. The Kier molecular flexibility index (Phi) is 13.1. The first-order chi connectivity index (χ1) is 11.7. The molecule has 1 aromatic heterocycles. The van der Waals surface area contributed by atoms with Crippen LogP contribution >= 0.6 is 34.0 Å². The van der Waals surface area contributed by atoms with Gasteiger partial charge in [-0.05, 0) is 61.1 Å². The second kappa shape index (κ2) is 12.6. The first-order valence-electron chi connectivity index (χ1n) is 8.68. The number of halogens is 2. The minimum absolute atomic E-state index is 0. The molecule has 3 aliphatic rings. The summed E-state index contributed by atoms with van der Waals surface area (Å²) in [6.07, 6.45) is 5.62. The molecule has 29 heavy (non-hydrogen) atoms. The SMILES string of the molecule is Br.Br.C=C[C@H]1CN2CC[C@H]1C[C@H]2[C@H](O)c1ccnc2ccc(OC)cc12.O.O.O. The fourth-order valence-electron chi connectivity index (χ4n) is 4.44. The number of aliphatic hydroxyl groups excluding tert-OH is 1. The van der Waals surface area contributed by atoms with Gasteiger partial charge < -0.3 is 26.3 Å². The highest BCUT2D eigenvalue weighted by atomic mass is 79.9. The van der Waals surface area contributed by atoms with Crippen molar-refractivity contribution in [3.05, 3.63) is 48.7 Å². The Bertz CT molecular complexity index is 780. The summed E-state index contributed by atoms with van der Waals surface area (Å²) >= 11 is 0. The first-order valence-corrected chi connectivity index (χ1v) is 8.68. The second-order valence-corrected chi connectivity index (χ2v) is 6.97. The topological polar surface area (TPSA) is 140 Å². The highest BCUT2D eigenvalue weighted by Crippen LogP contribution is 2.42. The highest BCUT2D eigenvalue weighted by Gasteiger charge is 2.42. The van der Waals surface area contributed by atoms with E-state index in [-0.39, 0.29) is 56.4 Å². The Morgan fingerprint density at radius 2 is 1.97 bits per heavy atom. The van der Waals surface area contributed by atoms with E-state index in [0.717, 1.165) is 41.7 Å². The molecule has 7 N–H and O–H groups in total. The predicted octanol–water partition coefficient (Wildman–Crippen LogP) is 1.85. The third-order valence-electron chi connectivity index (χ3n) is 5.82. The molecular formula is C20H32Br2N2O5. The Hall–Kier alpha value is -1.07. The number of ether oxygens (including phenoxy) is 1. The van der Waals surface area contributed by atoms with Crippen molar-refractivity contribution in [3.63, 3.8) is 0 Å². The van der Waals surface area contributed by atoms with Crippen molar-refractivity contribution >= 4 is 44.9 Å². The van der Waals surface area contributed by atoms with Gasteiger partial charge in [0, 0.05) is 24.2 Å². The Morgan fingerprint density at radius 1 is 1.24 bits per heavy atom. The average molecular weight is 540 g/mol. The molecule has 2 bridgehead atoms. The average Bonchev–Trinajstić information content (AvgIpc) is 2.66. The maximum absolute atomic E-state index is 11.2. The van der Waals surface area contributed by atoms with Crippen molar-refractivity contribution in [2.24, 2.45) is 11.8 Å². The number of aromatic nitrogens is 1. The van der Waals surface area contributed by atoms with E-state index >= 15 is 0 Å². The van der Waals surface area contributed by atoms with Gasteiger partial charge in [0.1, 0.15) is 5.75 Å². The second-order valence-electron chi connectivity index (χ2n) is 6.97. The maximum Gasteiger partial charge on any atom is 0.119 e.